The molecule has 0 spiro atoms. The molecule has 1 N–H and O–H groups in total. The molecule has 5 nitrogen and oxygen atoms in total. The molecule has 114 valence electrons. The van der Waals surface area contributed by atoms with Crippen LogP contribution in [0.3, 0.4) is 0 Å². The molecular weight excluding hydrogens is 294 g/mol. The molecule has 0 unspecified atom stereocenters. The first-order valence-electron chi connectivity index (χ1n) is 6.94. The molecule has 1 heterocycles. The molecular formula is C18H13NO4. The van der Waals surface area contributed by atoms with Crippen molar-refractivity contribution in [3.63, 3.8) is 0 Å². The van der Waals surface area contributed by atoms with Crippen molar-refractivity contribution in [3.8, 4) is 17.6 Å². The Hall–Kier alpha value is -3.26. The number of carbonyl (C=O) groups is 1. The topological polar surface area (TPSA) is 79.6 Å². The number of ether oxygens (including phenoxy) is 2. The number of fused-ring (bicyclic) bond motifs is 1. The number of rotatable bonds is 3. The standard InChI is InChI=1S/C18H13NO4/c1-11-6-16-17(23-10-22-16)8-14(11)7-15(9-19)12-2-4-13(5-3-12)18(20)21/h2-8H,10H2,1H3,(H,20,21). The maximum Gasteiger partial charge on any atom is 0.335 e. The smallest absolute Gasteiger partial charge is 0.335 e. The van der Waals surface area contributed by atoms with Crippen LogP contribution in [0.15, 0.2) is 36.4 Å². The molecule has 0 amide bonds. The molecule has 2 aromatic rings. The molecule has 0 aliphatic carbocycles. The highest BCUT2D eigenvalue weighted by Crippen LogP contribution is 2.35. The van der Waals surface area contributed by atoms with E-state index in [2.05, 4.69) is 6.07 Å². The summed E-state index contributed by atoms with van der Waals surface area (Å²) in [5.74, 6) is 0.356. The van der Waals surface area contributed by atoms with E-state index in [4.69, 9.17) is 14.6 Å². The fourth-order valence-corrected chi connectivity index (χ4v) is 2.34. The molecule has 0 fully saturated rings. The lowest BCUT2D eigenvalue weighted by molar-refractivity contribution is 0.0697. The summed E-state index contributed by atoms with van der Waals surface area (Å²) in [5, 5.41) is 18.3. The van der Waals surface area contributed by atoms with E-state index in [9.17, 15) is 10.1 Å². The number of nitriles is 1. The van der Waals surface area contributed by atoms with Crippen molar-refractivity contribution < 1.29 is 19.4 Å². The van der Waals surface area contributed by atoms with E-state index in [1.807, 2.05) is 19.1 Å². The maximum atomic E-state index is 10.9. The van der Waals surface area contributed by atoms with E-state index in [-0.39, 0.29) is 12.4 Å². The third kappa shape index (κ3) is 2.87. The number of allylic oxidation sites excluding steroid dienone is 1. The fourth-order valence-electron chi connectivity index (χ4n) is 2.34. The number of hydrogen-bond acceptors (Lipinski definition) is 4. The van der Waals surface area contributed by atoms with Crippen LogP contribution >= 0.6 is 0 Å². The van der Waals surface area contributed by atoms with Gasteiger partial charge in [0.1, 0.15) is 0 Å². The second-order valence-electron chi connectivity index (χ2n) is 5.11. The van der Waals surface area contributed by atoms with E-state index in [1.54, 1.807) is 18.2 Å². The third-order valence-corrected chi connectivity index (χ3v) is 3.62. The van der Waals surface area contributed by atoms with Crippen molar-refractivity contribution in [1.29, 1.82) is 5.26 Å². The molecule has 1 aliphatic heterocycles. The van der Waals surface area contributed by atoms with Gasteiger partial charge in [-0.3, -0.25) is 0 Å². The average Bonchev–Trinajstić information content (AvgIpc) is 2.99. The summed E-state index contributed by atoms with van der Waals surface area (Å²) in [6, 6.07) is 12.1. The monoisotopic (exact) mass is 307 g/mol. The summed E-state index contributed by atoms with van der Waals surface area (Å²) in [4.78, 5) is 10.9. The molecule has 23 heavy (non-hydrogen) atoms. The van der Waals surface area contributed by atoms with Gasteiger partial charge in [0.2, 0.25) is 6.79 Å². The van der Waals surface area contributed by atoms with Crippen LogP contribution in [0.2, 0.25) is 0 Å². The second-order valence-corrected chi connectivity index (χ2v) is 5.11. The lowest BCUT2D eigenvalue weighted by Crippen LogP contribution is -1.95. The maximum absolute atomic E-state index is 10.9. The number of nitrogens with zero attached hydrogens (tertiary/aromatic N) is 1. The summed E-state index contributed by atoms with van der Waals surface area (Å²) in [6.07, 6.45) is 1.76. The molecule has 3 rings (SSSR count). The minimum atomic E-state index is -0.995. The van der Waals surface area contributed by atoms with Gasteiger partial charge in [0, 0.05) is 0 Å². The first kappa shape index (κ1) is 14.7. The van der Waals surface area contributed by atoms with Gasteiger partial charge >= 0.3 is 5.97 Å². The molecule has 0 bridgehead atoms. The van der Waals surface area contributed by atoms with Crippen LogP contribution in [-0.4, -0.2) is 17.9 Å². The predicted octanol–water partition coefficient (Wildman–Crippen LogP) is 3.49. The zero-order valence-corrected chi connectivity index (χ0v) is 12.4. The van der Waals surface area contributed by atoms with Crippen molar-refractivity contribution in [2.24, 2.45) is 0 Å². The molecule has 0 aromatic heterocycles. The quantitative estimate of drug-likeness (QED) is 0.693. The Morgan fingerprint density at radius 2 is 1.78 bits per heavy atom. The normalized spacial score (nSPS) is 12.8. The zero-order chi connectivity index (χ0) is 16.4. The van der Waals surface area contributed by atoms with Gasteiger partial charge in [0.25, 0.3) is 0 Å². The molecule has 2 aromatic carbocycles. The number of hydrogen-bond donors (Lipinski definition) is 1. The first-order chi connectivity index (χ1) is 11.1. The summed E-state index contributed by atoms with van der Waals surface area (Å²) in [7, 11) is 0. The number of carboxylic acid groups (broad SMARTS) is 1. The summed E-state index contributed by atoms with van der Waals surface area (Å²) in [5.41, 5.74) is 3.11. The van der Waals surface area contributed by atoms with Crippen molar-refractivity contribution in [2.45, 2.75) is 6.92 Å². The van der Waals surface area contributed by atoms with E-state index in [0.717, 1.165) is 11.1 Å². The Morgan fingerprint density at radius 3 is 2.39 bits per heavy atom. The molecule has 0 radical (unpaired) electrons. The number of aryl methyl sites for hydroxylation is 1. The minimum absolute atomic E-state index is 0.185. The van der Waals surface area contributed by atoms with Gasteiger partial charge in [-0.1, -0.05) is 12.1 Å². The Labute approximate surface area is 133 Å². The van der Waals surface area contributed by atoms with Gasteiger partial charge in [-0.2, -0.15) is 5.26 Å². The van der Waals surface area contributed by atoms with Crippen molar-refractivity contribution in [2.75, 3.05) is 6.79 Å². The summed E-state index contributed by atoms with van der Waals surface area (Å²) < 4.78 is 10.7. The fraction of sp³-hybridized carbons (Fsp3) is 0.111. The Morgan fingerprint density at radius 1 is 1.17 bits per heavy atom. The Bertz CT molecular complexity index is 845. The van der Waals surface area contributed by atoms with Crippen molar-refractivity contribution >= 4 is 17.6 Å². The van der Waals surface area contributed by atoms with Gasteiger partial charge in [0.05, 0.1) is 17.2 Å². The molecule has 0 saturated carbocycles. The zero-order valence-electron chi connectivity index (χ0n) is 12.4. The molecule has 1 aliphatic rings. The van der Waals surface area contributed by atoms with Gasteiger partial charge in [-0.15, -0.1) is 0 Å². The van der Waals surface area contributed by atoms with Crippen LogP contribution < -0.4 is 9.47 Å². The van der Waals surface area contributed by atoms with Gasteiger partial charge in [-0.05, 0) is 54.0 Å². The number of carboxylic acids is 1. The molecule has 0 atom stereocenters. The average molecular weight is 307 g/mol. The van der Waals surface area contributed by atoms with Crippen LogP contribution in [0.5, 0.6) is 11.5 Å². The second kappa shape index (κ2) is 5.85. The van der Waals surface area contributed by atoms with Crippen LogP contribution in [0, 0.1) is 18.3 Å². The van der Waals surface area contributed by atoms with Crippen LogP contribution in [-0.2, 0) is 0 Å². The van der Waals surface area contributed by atoms with Crippen molar-refractivity contribution in [1.82, 2.24) is 0 Å². The van der Waals surface area contributed by atoms with Crippen molar-refractivity contribution in [3.05, 3.63) is 58.7 Å². The number of aromatic carboxylic acids is 1. The SMILES string of the molecule is Cc1cc2c(cc1C=C(C#N)c1ccc(C(=O)O)cc1)OCO2. The third-order valence-electron chi connectivity index (χ3n) is 3.62. The highest BCUT2D eigenvalue weighted by molar-refractivity contribution is 5.92. The largest absolute Gasteiger partial charge is 0.478 e. The molecule has 0 saturated heterocycles. The lowest BCUT2D eigenvalue weighted by atomic mass is 10.00. The highest BCUT2D eigenvalue weighted by Gasteiger charge is 2.15. The van der Waals surface area contributed by atoms with E-state index in [0.29, 0.717) is 22.6 Å². The van der Waals surface area contributed by atoms with E-state index in [1.165, 1.54) is 12.1 Å². The highest BCUT2D eigenvalue weighted by atomic mass is 16.7. The summed E-state index contributed by atoms with van der Waals surface area (Å²) in [6.45, 7) is 2.13. The van der Waals surface area contributed by atoms with Crippen LogP contribution in [0.1, 0.15) is 27.0 Å². The molecule has 5 heteroatoms. The number of benzene rings is 2. The Kier molecular flexibility index (Phi) is 3.73. The van der Waals surface area contributed by atoms with Gasteiger partial charge in [0.15, 0.2) is 11.5 Å². The van der Waals surface area contributed by atoms with Gasteiger partial charge < -0.3 is 14.6 Å². The first-order valence-corrected chi connectivity index (χ1v) is 6.94. The Balaban J connectivity index is 1.99. The lowest BCUT2D eigenvalue weighted by Gasteiger charge is -2.05. The van der Waals surface area contributed by atoms with Gasteiger partial charge in [-0.25, -0.2) is 4.79 Å². The van der Waals surface area contributed by atoms with E-state index < -0.39 is 5.97 Å². The summed E-state index contributed by atoms with van der Waals surface area (Å²) >= 11 is 0. The predicted molar refractivity (Wildman–Crippen MR) is 84.2 cm³/mol. The van der Waals surface area contributed by atoms with Crippen LogP contribution in [0.25, 0.3) is 11.6 Å². The minimum Gasteiger partial charge on any atom is -0.478 e. The van der Waals surface area contributed by atoms with E-state index >= 15 is 0 Å². The van der Waals surface area contributed by atoms with Crippen LogP contribution in [0.4, 0.5) is 0 Å².